The van der Waals surface area contributed by atoms with Crippen molar-refractivity contribution < 1.29 is 20.1 Å². The Kier molecular flexibility index (Phi) is 3.84. The molecular formula is C13H19N5O5. The normalized spacial score (nSPS) is 28.1. The Morgan fingerprint density at radius 3 is 2.65 bits per heavy atom. The van der Waals surface area contributed by atoms with Crippen molar-refractivity contribution >= 4 is 17.1 Å². The standard InChI is InChI=1S/C13H19N5O5/c1-5(2)18-11(22)7-10(16-13(18)14)17(4-15-7)12-9(21)8(20)6(3-19)23-12/h4-6,8-9,12,19-21H,3H2,1-2H3,(H2,14,16)/t6-,8-,9-,12-/m1/s1. The predicted molar refractivity (Wildman–Crippen MR) is 79.6 cm³/mol. The van der Waals surface area contributed by atoms with Gasteiger partial charge in [-0.3, -0.25) is 13.9 Å². The Bertz CT molecular complexity index is 785. The highest BCUT2D eigenvalue weighted by atomic mass is 16.6. The van der Waals surface area contributed by atoms with Gasteiger partial charge in [-0.15, -0.1) is 0 Å². The number of aromatic nitrogens is 4. The van der Waals surface area contributed by atoms with Gasteiger partial charge in [0.25, 0.3) is 5.56 Å². The van der Waals surface area contributed by atoms with E-state index < -0.39 is 36.7 Å². The Morgan fingerprint density at radius 2 is 2.09 bits per heavy atom. The van der Waals surface area contributed by atoms with Gasteiger partial charge in [-0.1, -0.05) is 0 Å². The van der Waals surface area contributed by atoms with E-state index in [1.165, 1.54) is 15.5 Å². The number of aliphatic hydroxyl groups excluding tert-OH is 3. The maximum atomic E-state index is 12.5. The lowest BCUT2D eigenvalue weighted by atomic mass is 10.1. The molecule has 10 heteroatoms. The minimum atomic E-state index is -1.29. The van der Waals surface area contributed by atoms with Crippen molar-refractivity contribution in [2.45, 2.75) is 44.4 Å². The minimum absolute atomic E-state index is 0.0194. The predicted octanol–water partition coefficient (Wildman–Crippen LogP) is -1.63. The van der Waals surface area contributed by atoms with E-state index in [1.54, 1.807) is 13.8 Å². The summed E-state index contributed by atoms with van der Waals surface area (Å²) in [5.41, 5.74) is 5.69. The summed E-state index contributed by atoms with van der Waals surface area (Å²) in [5, 5.41) is 29.1. The van der Waals surface area contributed by atoms with Crippen LogP contribution in [0.15, 0.2) is 11.1 Å². The zero-order valence-electron chi connectivity index (χ0n) is 12.7. The summed E-state index contributed by atoms with van der Waals surface area (Å²) in [6.07, 6.45) is -3.20. The number of anilines is 1. The summed E-state index contributed by atoms with van der Waals surface area (Å²) in [4.78, 5) is 20.7. The maximum Gasteiger partial charge on any atom is 0.283 e. The molecule has 23 heavy (non-hydrogen) atoms. The molecule has 1 fully saturated rings. The number of nitrogen functional groups attached to an aromatic ring is 1. The molecule has 4 atom stereocenters. The fourth-order valence-electron chi connectivity index (χ4n) is 2.79. The van der Waals surface area contributed by atoms with Crippen LogP contribution in [-0.2, 0) is 4.74 Å². The molecular weight excluding hydrogens is 306 g/mol. The molecule has 3 heterocycles. The van der Waals surface area contributed by atoms with E-state index in [0.29, 0.717) is 0 Å². The fourth-order valence-corrected chi connectivity index (χ4v) is 2.79. The Labute approximate surface area is 130 Å². The second-order valence-electron chi connectivity index (χ2n) is 5.79. The Hall–Kier alpha value is -2.01. The van der Waals surface area contributed by atoms with Gasteiger partial charge in [0.1, 0.15) is 18.3 Å². The van der Waals surface area contributed by atoms with E-state index in [2.05, 4.69) is 9.97 Å². The Balaban J connectivity index is 2.13. The molecule has 0 aromatic carbocycles. The van der Waals surface area contributed by atoms with Gasteiger partial charge in [-0.25, -0.2) is 4.98 Å². The van der Waals surface area contributed by atoms with Crippen molar-refractivity contribution in [1.29, 1.82) is 0 Å². The first-order chi connectivity index (χ1) is 10.9. The first kappa shape index (κ1) is 15.9. The van der Waals surface area contributed by atoms with Gasteiger partial charge < -0.3 is 25.8 Å². The van der Waals surface area contributed by atoms with Crippen LogP contribution in [0.1, 0.15) is 26.1 Å². The number of fused-ring (bicyclic) bond motifs is 1. The van der Waals surface area contributed by atoms with E-state index in [-0.39, 0.29) is 23.2 Å². The van der Waals surface area contributed by atoms with Gasteiger partial charge in [0, 0.05) is 6.04 Å². The summed E-state index contributed by atoms with van der Waals surface area (Å²) >= 11 is 0. The van der Waals surface area contributed by atoms with Crippen molar-refractivity contribution in [3.63, 3.8) is 0 Å². The summed E-state index contributed by atoms with van der Waals surface area (Å²) in [5.74, 6) is 0.0194. The molecule has 2 aromatic rings. The van der Waals surface area contributed by atoms with Gasteiger partial charge in [0.15, 0.2) is 17.4 Å². The molecule has 2 aromatic heterocycles. The largest absolute Gasteiger partial charge is 0.394 e. The number of hydrogen-bond donors (Lipinski definition) is 4. The third kappa shape index (κ3) is 2.30. The fraction of sp³-hybridized carbons (Fsp3) is 0.615. The molecule has 1 aliphatic rings. The highest BCUT2D eigenvalue weighted by Gasteiger charge is 2.44. The summed E-state index contributed by atoms with van der Waals surface area (Å²) < 4.78 is 8.08. The third-order valence-corrected chi connectivity index (χ3v) is 3.96. The van der Waals surface area contributed by atoms with Crippen molar-refractivity contribution in [3.05, 3.63) is 16.7 Å². The number of nitrogens with zero attached hydrogens (tertiary/aromatic N) is 4. The molecule has 0 aliphatic carbocycles. The number of rotatable bonds is 3. The van der Waals surface area contributed by atoms with Crippen molar-refractivity contribution in [3.8, 4) is 0 Å². The van der Waals surface area contributed by atoms with Gasteiger partial charge in [-0.05, 0) is 13.8 Å². The van der Waals surface area contributed by atoms with Gasteiger partial charge in [-0.2, -0.15) is 4.98 Å². The molecule has 0 amide bonds. The number of nitrogens with two attached hydrogens (primary N) is 1. The number of aliphatic hydroxyl groups is 3. The molecule has 10 nitrogen and oxygen atoms in total. The van der Waals surface area contributed by atoms with Crippen LogP contribution in [0.4, 0.5) is 5.95 Å². The quantitative estimate of drug-likeness (QED) is 0.525. The van der Waals surface area contributed by atoms with Crippen LogP contribution >= 0.6 is 0 Å². The van der Waals surface area contributed by atoms with Gasteiger partial charge in [0.05, 0.1) is 12.9 Å². The highest BCUT2D eigenvalue weighted by Crippen LogP contribution is 2.31. The van der Waals surface area contributed by atoms with Crippen LogP contribution < -0.4 is 11.3 Å². The molecule has 0 unspecified atom stereocenters. The zero-order valence-corrected chi connectivity index (χ0v) is 12.7. The van der Waals surface area contributed by atoms with Crippen LogP contribution in [0.25, 0.3) is 11.2 Å². The van der Waals surface area contributed by atoms with Crippen molar-refractivity contribution in [1.82, 2.24) is 19.1 Å². The minimum Gasteiger partial charge on any atom is -0.394 e. The van der Waals surface area contributed by atoms with E-state index in [0.717, 1.165) is 0 Å². The smallest absolute Gasteiger partial charge is 0.283 e. The lowest BCUT2D eigenvalue weighted by molar-refractivity contribution is -0.0511. The third-order valence-electron chi connectivity index (χ3n) is 3.96. The van der Waals surface area contributed by atoms with Gasteiger partial charge in [0.2, 0.25) is 5.95 Å². The zero-order chi connectivity index (χ0) is 16.9. The molecule has 5 N–H and O–H groups in total. The van der Waals surface area contributed by atoms with Crippen LogP contribution in [0.3, 0.4) is 0 Å². The van der Waals surface area contributed by atoms with Crippen LogP contribution in [0.2, 0.25) is 0 Å². The van der Waals surface area contributed by atoms with E-state index in [1.807, 2.05) is 0 Å². The Morgan fingerprint density at radius 1 is 1.39 bits per heavy atom. The van der Waals surface area contributed by atoms with E-state index in [9.17, 15) is 15.0 Å². The topological polar surface area (TPSA) is 149 Å². The molecule has 0 spiro atoms. The van der Waals surface area contributed by atoms with Gasteiger partial charge >= 0.3 is 0 Å². The molecule has 0 bridgehead atoms. The summed E-state index contributed by atoms with van der Waals surface area (Å²) in [6.45, 7) is 3.15. The average molecular weight is 325 g/mol. The second kappa shape index (κ2) is 5.57. The van der Waals surface area contributed by atoms with Crippen LogP contribution in [-0.4, -0.2) is 59.3 Å². The monoisotopic (exact) mass is 325 g/mol. The lowest BCUT2D eigenvalue weighted by Crippen LogP contribution is -2.33. The first-order valence-corrected chi connectivity index (χ1v) is 7.23. The number of hydrogen-bond acceptors (Lipinski definition) is 8. The number of imidazole rings is 1. The highest BCUT2D eigenvalue weighted by molar-refractivity contribution is 5.71. The second-order valence-corrected chi connectivity index (χ2v) is 5.79. The van der Waals surface area contributed by atoms with Crippen LogP contribution in [0, 0.1) is 0 Å². The summed E-state index contributed by atoms with van der Waals surface area (Å²) in [6, 6.07) is -0.182. The number of ether oxygens (including phenoxy) is 1. The van der Waals surface area contributed by atoms with E-state index >= 15 is 0 Å². The molecule has 3 rings (SSSR count). The first-order valence-electron chi connectivity index (χ1n) is 7.23. The lowest BCUT2D eigenvalue weighted by Gasteiger charge is -2.17. The van der Waals surface area contributed by atoms with Crippen LogP contribution in [0.5, 0.6) is 0 Å². The van der Waals surface area contributed by atoms with E-state index in [4.69, 9.17) is 15.6 Å². The van der Waals surface area contributed by atoms with Crippen molar-refractivity contribution in [2.75, 3.05) is 12.3 Å². The average Bonchev–Trinajstić information content (AvgIpc) is 3.01. The summed E-state index contributed by atoms with van der Waals surface area (Å²) in [7, 11) is 0. The molecule has 126 valence electrons. The molecule has 0 radical (unpaired) electrons. The van der Waals surface area contributed by atoms with Crippen molar-refractivity contribution in [2.24, 2.45) is 0 Å². The molecule has 0 saturated carbocycles. The SMILES string of the molecule is CC(C)n1c(N)nc2c(ncn2[C@@H]2O[C@H](CO)[C@@H](O)[C@H]2O)c1=O. The molecule has 1 saturated heterocycles. The maximum absolute atomic E-state index is 12.5. The molecule has 1 aliphatic heterocycles.